The van der Waals surface area contributed by atoms with Gasteiger partial charge < -0.3 is 19.9 Å². The maximum Gasteiger partial charge on any atom is 0.162 e. The molecule has 1 heterocycles. The predicted molar refractivity (Wildman–Crippen MR) is 77.2 cm³/mol. The van der Waals surface area contributed by atoms with Crippen molar-refractivity contribution in [3.8, 4) is 11.5 Å². The van der Waals surface area contributed by atoms with Crippen LogP contribution in [0.1, 0.15) is 13.3 Å². The highest BCUT2D eigenvalue weighted by atomic mass is 32.2. The summed E-state index contributed by atoms with van der Waals surface area (Å²) < 4.78 is 16.6. The lowest BCUT2D eigenvalue weighted by molar-refractivity contribution is 0.0674. The highest BCUT2D eigenvalue weighted by molar-refractivity contribution is 7.99. The summed E-state index contributed by atoms with van der Waals surface area (Å²) in [6.07, 6.45) is 1.12. The Morgan fingerprint density at radius 1 is 1.32 bits per heavy atom. The van der Waals surface area contributed by atoms with E-state index in [1.807, 2.05) is 19.1 Å². The summed E-state index contributed by atoms with van der Waals surface area (Å²) in [5, 5.41) is 0. The molecule has 0 saturated heterocycles. The molecule has 0 spiro atoms. The van der Waals surface area contributed by atoms with E-state index in [1.54, 1.807) is 11.8 Å². The molecule has 0 fully saturated rings. The molecule has 0 bridgehead atoms. The molecule has 0 aromatic heterocycles. The summed E-state index contributed by atoms with van der Waals surface area (Å²) >= 11 is 1.79. The van der Waals surface area contributed by atoms with Crippen LogP contribution in [0, 0.1) is 0 Å². The summed E-state index contributed by atoms with van der Waals surface area (Å²) in [7, 11) is 0. The molecule has 0 saturated carbocycles. The predicted octanol–water partition coefficient (Wildman–Crippen LogP) is 2.30. The van der Waals surface area contributed by atoms with Gasteiger partial charge in [0.25, 0.3) is 0 Å². The molecule has 1 atom stereocenters. The fourth-order valence-electron chi connectivity index (χ4n) is 1.93. The Morgan fingerprint density at radius 3 is 2.84 bits per heavy atom. The second-order valence-electron chi connectivity index (χ2n) is 4.26. The van der Waals surface area contributed by atoms with Crippen LogP contribution in [0.4, 0.5) is 0 Å². The second-order valence-corrected chi connectivity index (χ2v) is 5.42. The molecule has 2 rings (SSSR count). The molecule has 1 aromatic carbocycles. The number of benzene rings is 1. The van der Waals surface area contributed by atoms with Crippen molar-refractivity contribution in [2.24, 2.45) is 5.73 Å². The summed E-state index contributed by atoms with van der Waals surface area (Å²) in [6.45, 7) is 4.55. The lowest BCUT2D eigenvalue weighted by Gasteiger charge is -2.19. The van der Waals surface area contributed by atoms with Crippen molar-refractivity contribution in [2.75, 3.05) is 32.1 Å². The van der Waals surface area contributed by atoms with E-state index in [9.17, 15) is 0 Å². The molecule has 106 valence electrons. The average Bonchev–Trinajstić information content (AvgIpc) is 2.46. The number of hydrogen-bond donors (Lipinski definition) is 1. The number of nitrogens with two attached hydrogens (primary N) is 1. The van der Waals surface area contributed by atoms with Gasteiger partial charge in [-0.2, -0.15) is 0 Å². The Labute approximate surface area is 118 Å². The molecule has 1 aliphatic rings. The Hall–Kier alpha value is -0.910. The molecule has 5 heteroatoms. The summed E-state index contributed by atoms with van der Waals surface area (Å²) in [5.41, 5.74) is 5.66. The Balaban J connectivity index is 1.82. The Bertz CT molecular complexity index is 400. The van der Waals surface area contributed by atoms with Crippen LogP contribution in [0.3, 0.4) is 0 Å². The van der Waals surface area contributed by atoms with Crippen LogP contribution >= 0.6 is 11.8 Å². The van der Waals surface area contributed by atoms with Crippen LogP contribution in [0.25, 0.3) is 0 Å². The summed E-state index contributed by atoms with van der Waals surface area (Å²) in [5.74, 6) is 2.67. The van der Waals surface area contributed by atoms with Crippen LogP contribution in [0.5, 0.6) is 11.5 Å². The first kappa shape index (κ1) is 14.5. The van der Waals surface area contributed by atoms with Gasteiger partial charge in [-0.05, 0) is 31.5 Å². The van der Waals surface area contributed by atoms with E-state index in [0.717, 1.165) is 30.3 Å². The topological polar surface area (TPSA) is 53.7 Å². The number of ether oxygens (including phenoxy) is 3. The van der Waals surface area contributed by atoms with Gasteiger partial charge in [-0.1, -0.05) is 0 Å². The molecule has 1 unspecified atom stereocenters. The molecule has 2 N–H and O–H groups in total. The zero-order valence-corrected chi connectivity index (χ0v) is 12.1. The third-order valence-electron chi connectivity index (χ3n) is 2.89. The SMILES string of the molecule is CCOC(CN)CCSc1ccc2c(c1)OCCO2. The van der Waals surface area contributed by atoms with E-state index < -0.39 is 0 Å². The van der Waals surface area contributed by atoms with E-state index in [2.05, 4.69) is 6.07 Å². The summed E-state index contributed by atoms with van der Waals surface area (Å²) in [6, 6.07) is 6.08. The number of hydrogen-bond acceptors (Lipinski definition) is 5. The molecule has 1 aromatic rings. The van der Waals surface area contributed by atoms with Gasteiger partial charge >= 0.3 is 0 Å². The molecule has 4 nitrogen and oxygen atoms in total. The minimum atomic E-state index is 0.162. The van der Waals surface area contributed by atoms with E-state index >= 15 is 0 Å². The van der Waals surface area contributed by atoms with Gasteiger partial charge in [0.1, 0.15) is 13.2 Å². The van der Waals surface area contributed by atoms with E-state index in [4.69, 9.17) is 19.9 Å². The Kier molecular flexibility index (Phi) is 5.82. The third-order valence-corrected chi connectivity index (χ3v) is 3.91. The fraction of sp³-hybridized carbons (Fsp3) is 0.571. The normalized spacial score (nSPS) is 15.3. The smallest absolute Gasteiger partial charge is 0.162 e. The van der Waals surface area contributed by atoms with Crippen molar-refractivity contribution < 1.29 is 14.2 Å². The highest BCUT2D eigenvalue weighted by Gasteiger charge is 2.12. The van der Waals surface area contributed by atoms with Crippen molar-refractivity contribution in [1.82, 2.24) is 0 Å². The molecular weight excluding hydrogens is 262 g/mol. The molecule has 0 aliphatic carbocycles. The largest absolute Gasteiger partial charge is 0.486 e. The first-order valence-corrected chi connectivity index (χ1v) is 7.66. The Morgan fingerprint density at radius 2 is 2.11 bits per heavy atom. The quantitative estimate of drug-likeness (QED) is 0.778. The van der Waals surface area contributed by atoms with Crippen molar-refractivity contribution in [3.05, 3.63) is 18.2 Å². The van der Waals surface area contributed by atoms with E-state index in [1.165, 1.54) is 4.90 Å². The van der Waals surface area contributed by atoms with Crippen molar-refractivity contribution >= 4 is 11.8 Å². The average molecular weight is 283 g/mol. The maximum absolute atomic E-state index is 5.66. The zero-order chi connectivity index (χ0) is 13.5. The monoisotopic (exact) mass is 283 g/mol. The van der Waals surface area contributed by atoms with Crippen LogP contribution in [0.2, 0.25) is 0 Å². The van der Waals surface area contributed by atoms with Crippen LogP contribution in [-0.2, 0) is 4.74 Å². The lowest BCUT2D eigenvalue weighted by Crippen LogP contribution is -2.24. The van der Waals surface area contributed by atoms with Gasteiger partial charge in [0.2, 0.25) is 0 Å². The second kappa shape index (κ2) is 7.62. The zero-order valence-electron chi connectivity index (χ0n) is 11.3. The first-order valence-electron chi connectivity index (χ1n) is 6.67. The van der Waals surface area contributed by atoms with Gasteiger partial charge in [-0.25, -0.2) is 0 Å². The number of rotatable bonds is 7. The van der Waals surface area contributed by atoms with Gasteiger partial charge in [-0.3, -0.25) is 0 Å². The molecule has 1 aliphatic heterocycles. The maximum atomic E-state index is 5.66. The fourth-order valence-corrected chi connectivity index (χ4v) is 2.90. The number of thioether (sulfide) groups is 1. The minimum Gasteiger partial charge on any atom is -0.486 e. The number of fused-ring (bicyclic) bond motifs is 1. The molecule has 19 heavy (non-hydrogen) atoms. The highest BCUT2D eigenvalue weighted by Crippen LogP contribution is 2.34. The van der Waals surface area contributed by atoms with Crippen LogP contribution < -0.4 is 15.2 Å². The van der Waals surface area contributed by atoms with Gasteiger partial charge in [0.05, 0.1) is 6.10 Å². The minimum absolute atomic E-state index is 0.162. The molecule has 0 radical (unpaired) electrons. The summed E-state index contributed by atoms with van der Waals surface area (Å²) in [4.78, 5) is 1.19. The van der Waals surface area contributed by atoms with Gasteiger partial charge in [0.15, 0.2) is 11.5 Å². The van der Waals surface area contributed by atoms with Crippen molar-refractivity contribution in [3.63, 3.8) is 0 Å². The van der Waals surface area contributed by atoms with Crippen molar-refractivity contribution in [2.45, 2.75) is 24.3 Å². The van der Waals surface area contributed by atoms with Gasteiger partial charge in [-0.15, -0.1) is 11.8 Å². The van der Waals surface area contributed by atoms with Crippen LogP contribution in [-0.4, -0.2) is 38.2 Å². The van der Waals surface area contributed by atoms with Crippen LogP contribution in [0.15, 0.2) is 23.1 Å². The lowest BCUT2D eigenvalue weighted by atomic mass is 10.3. The first-order chi connectivity index (χ1) is 9.33. The van der Waals surface area contributed by atoms with Gasteiger partial charge in [0, 0.05) is 23.8 Å². The van der Waals surface area contributed by atoms with E-state index in [-0.39, 0.29) is 6.10 Å². The van der Waals surface area contributed by atoms with Crippen molar-refractivity contribution in [1.29, 1.82) is 0 Å². The molecular formula is C14H21NO3S. The molecule has 0 amide bonds. The standard InChI is InChI=1S/C14H21NO3S/c1-2-16-11(10-15)5-8-19-12-3-4-13-14(9-12)18-7-6-17-13/h3-4,9,11H,2,5-8,10,15H2,1H3. The third kappa shape index (κ3) is 4.30. The van der Waals surface area contributed by atoms with E-state index in [0.29, 0.717) is 19.8 Å².